The van der Waals surface area contributed by atoms with Gasteiger partial charge < -0.3 is 14.9 Å². The Labute approximate surface area is 136 Å². The highest BCUT2D eigenvalue weighted by Gasteiger charge is 2.36. The van der Waals surface area contributed by atoms with E-state index in [1.165, 1.54) is 10.9 Å². The summed E-state index contributed by atoms with van der Waals surface area (Å²) in [7, 11) is 0. The number of imidazole rings is 1. The predicted octanol–water partition coefficient (Wildman–Crippen LogP) is -0.645. The van der Waals surface area contributed by atoms with Crippen molar-refractivity contribution in [3.05, 3.63) is 16.7 Å². The van der Waals surface area contributed by atoms with E-state index in [0.717, 1.165) is 0 Å². The van der Waals surface area contributed by atoms with Crippen LogP contribution in [0.25, 0.3) is 11.2 Å². The average molecular weight is 337 g/mol. The summed E-state index contributed by atoms with van der Waals surface area (Å²) in [6.45, 7) is 3.21. The lowest BCUT2D eigenvalue weighted by atomic mass is 10.2. The number of nitrogens with one attached hydrogen (secondary N) is 2. The third-order valence-corrected chi connectivity index (χ3v) is 3.84. The lowest BCUT2D eigenvalue weighted by Crippen LogP contribution is -2.23. The first-order valence-electron chi connectivity index (χ1n) is 7.62. The van der Waals surface area contributed by atoms with Crippen LogP contribution in [0.3, 0.4) is 0 Å². The SMILES string of the molecule is CC(C)C(=O)Nc1nc2c(ncn2C2O[C@H](CO)C[C@H]2O)c(=O)[nH]1. The molecule has 10 nitrogen and oxygen atoms in total. The van der Waals surface area contributed by atoms with Gasteiger partial charge in [0.25, 0.3) is 5.56 Å². The molecule has 0 bridgehead atoms. The minimum absolute atomic E-state index is 0.000792. The van der Waals surface area contributed by atoms with Gasteiger partial charge >= 0.3 is 0 Å². The summed E-state index contributed by atoms with van der Waals surface area (Å²) in [5.41, 5.74) is -0.259. The molecule has 0 saturated carbocycles. The number of amides is 1. The first kappa shape index (κ1) is 16.6. The van der Waals surface area contributed by atoms with Crippen LogP contribution in [0.5, 0.6) is 0 Å². The van der Waals surface area contributed by atoms with Gasteiger partial charge in [0.2, 0.25) is 11.9 Å². The maximum atomic E-state index is 12.1. The highest BCUT2D eigenvalue weighted by Crippen LogP contribution is 2.30. The van der Waals surface area contributed by atoms with Crippen LogP contribution in [0.15, 0.2) is 11.1 Å². The quantitative estimate of drug-likeness (QED) is 0.581. The van der Waals surface area contributed by atoms with Gasteiger partial charge in [-0.3, -0.25) is 24.5 Å². The number of carbonyl (C=O) groups is 1. The number of anilines is 1. The molecular weight excluding hydrogens is 318 g/mol. The molecule has 2 aromatic heterocycles. The number of nitrogens with zero attached hydrogens (tertiary/aromatic N) is 3. The van der Waals surface area contributed by atoms with Crippen molar-refractivity contribution in [2.75, 3.05) is 11.9 Å². The summed E-state index contributed by atoms with van der Waals surface area (Å²) < 4.78 is 6.98. The number of rotatable bonds is 4. The second-order valence-corrected chi connectivity index (χ2v) is 6.02. The summed E-state index contributed by atoms with van der Waals surface area (Å²) in [6, 6.07) is 0. The molecule has 1 saturated heterocycles. The molecule has 0 radical (unpaired) electrons. The molecule has 1 amide bonds. The Morgan fingerprint density at radius 3 is 2.96 bits per heavy atom. The normalized spacial score (nSPS) is 24.0. The number of hydrogen-bond acceptors (Lipinski definition) is 7. The number of H-pyrrole nitrogens is 1. The van der Waals surface area contributed by atoms with Gasteiger partial charge in [-0.25, -0.2) is 4.98 Å². The molecule has 10 heteroatoms. The fraction of sp³-hybridized carbons (Fsp3) is 0.571. The van der Waals surface area contributed by atoms with Gasteiger partial charge in [0, 0.05) is 12.3 Å². The maximum Gasteiger partial charge on any atom is 0.280 e. The monoisotopic (exact) mass is 337 g/mol. The summed E-state index contributed by atoms with van der Waals surface area (Å²) >= 11 is 0. The van der Waals surface area contributed by atoms with Crippen molar-refractivity contribution in [1.82, 2.24) is 19.5 Å². The Morgan fingerprint density at radius 2 is 2.33 bits per heavy atom. The molecule has 1 unspecified atom stereocenters. The fourth-order valence-electron chi connectivity index (χ4n) is 2.53. The number of ether oxygens (including phenoxy) is 1. The zero-order valence-corrected chi connectivity index (χ0v) is 13.3. The summed E-state index contributed by atoms with van der Waals surface area (Å²) in [5.74, 6) is -0.568. The number of carbonyl (C=O) groups excluding carboxylic acids is 1. The number of aliphatic hydroxyl groups is 2. The summed E-state index contributed by atoms with van der Waals surface area (Å²) in [4.78, 5) is 34.6. The molecule has 24 heavy (non-hydrogen) atoms. The third kappa shape index (κ3) is 2.90. The lowest BCUT2D eigenvalue weighted by Gasteiger charge is -2.16. The van der Waals surface area contributed by atoms with E-state index in [1.54, 1.807) is 13.8 Å². The zero-order valence-electron chi connectivity index (χ0n) is 13.3. The topological polar surface area (TPSA) is 142 Å². The highest BCUT2D eigenvalue weighted by atomic mass is 16.5. The van der Waals surface area contributed by atoms with E-state index in [9.17, 15) is 19.8 Å². The largest absolute Gasteiger partial charge is 0.394 e. The Morgan fingerprint density at radius 1 is 1.58 bits per heavy atom. The van der Waals surface area contributed by atoms with Crippen molar-refractivity contribution >= 4 is 23.0 Å². The molecule has 3 rings (SSSR count). The average Bonchev–Trinajstić information content (AvgIpc) is 3.10. The molecule has 0 aromatic carbocycles. The van der Waals surface area contributed by atoms with Crippen LogP contribution < -0.4 is 10.9 Å². The van der Waals surface area contributed by atoms with E-state index in [0.29, 0.717) is 0 Å². The number of fused-ring (bicyclic) bond motifs is 1. The van der Waals surface area contributed by atoms with E-state index in [1.807, 2.05) is 0 Å². The van der Waals surface area contributed by atoms with Gasteiger partial charge in [0.1, 0.15) is 6.10 Å². The standard InChI is InChI=1S/C14H19N5O5/c1-6(2)11(22)17-14-16-10-9(12(23)18-14)15-5-19(10)13-8(21)3-7(4-20)24-13/h5-8,13,20-21H,3-4H2,1-2H3,(H2,16,17,18,22,23)/t7-,8+,13?/m0/s1. The van der Waals surface area contributed by atoms with Crippen LogP contribution in [-0.2, 0) is 9.53 Å². The molecule has 1 fully saturated rings. The predicted molar refractivity (Wildman–Crippen MR) is 83.2 cm³/mol. The molecular formula is C14H19N5O5. The van der Waals surface area contributed by atoms with Crippen LogP contribution in [0.2, 0.25) is 0 Å². The minimum Gasteiger partial charge on any atom is -0.394 e. The van der Waals surface area contributed by atoms with Crippen molar-refractivity contribution in [3.63, 3.8) is 0 Å². The van der Waals surface area contributed by atoms with Crippen LogP contribution in [0.1, 0.15) is 26.5 Å². The highest BCUT2D eigenvalue weighted by molar-refractivity contribution is 5.91. The first-order chi connectivity index (χ1) is 11.4. The number of hydrogen-bond donors (Lipinski definition) is 4. The van der Waals surface area contributed by atoms with Gasteiger partial charge in [-0.05, 0) is 0 Å². The van der Waals surface area contributed by atoms with Gasteiger partial charge in [0.15, 0.2) is 17.4 Å². The minimum atomic E-state index is -0.866. The van der Waals surface area contributed by atoms with Crippen molar-refractivity contribution in [2.45, 2.75) is 38.7 Å². The third-order valence-electron chi connectivity index (χ3n) is 3.84. The summed E-state index contributed by atoms with van der Waals surface area (Å²) in [5, 5.41) is 21.8. The Balaban J connectivity index is 2.00. The van der Waals surface area contributed by atoms with Crippen LogP contribution >= 0.6 is 0 Å². The molecule has 4 N–H and O–H groups in total. The number of aromatic amines is 1. The molecule has 2 aromatic rings. The van der Waals surface area contributed by atoms with E-state index < -0.39 is 24.0 Å². The van der Waals surface area contributed by atoms with Crippen LogP contribution in [0.4, 0.5) is 5.95 Å². The fourth-order valence-corrected chi connectivity index (χ4v) is 2.53. The second-order valence-electron chi connectivity index (χ2n) is 6.02. The van der Waals surface area contributed by atoms with Crippen molar-refractivity contribution in [2.24, 2.45) is 5.92 Å². The van der Waals surface area contributed by atoms with Gasteiger partial charge in [-0.1, -0.05) is 13.8 Å². The molecule has 3 atom stereocenters. The van der Waals surface area contributed by atoms with Gasteiger partial charge in [0.05, 0.1) is 19.0 Å². The maximum absolute atomic E-state index is 12.1. The molecule has 1 aliphatic rings. The Hall–Kier alpha value is -2.30. The molecule has 1 aliphatic heterocycles. The van der Waals surface area contributed by atoms with E-state index >= 15 is 0 Å². The molecule has 3 heterocycles. The molecule has 0 spiro atoms. The van der Waals surface area contributed by atoms with Crippen LogP contribution in [0, 0.1) is 5.92 Å². The van der Waals surface area contributed by atoms with Crippen molar-refractivity contribution in [3.8, 4) is 0 Å². The zero-order chi connectivity index (χ0) is 17.4. The van der Waals surface area contributed by atoms with Gasteiger partial charge in [-0.15, -0.1) is 0 Å². The van der Waals surface area contributed by atoms with Crippen molar-refractivity contribution < 1.29 is 19.7 Å². The first-order valence-corrected chi connectivity index (χ1v) is 7.62. The Bertz CT molecular complexity index is 813. The summed E-state index contributed by atoms with van der Waals surface area (Å²) in [6.07, 6.45) is -0.566. The smallest absolute Gasteiger partial charge is 0.280 e. The van der Waals surface area contributed by atoms with Crippen LogP contribution in [-0.4, -0.2) is 54.5 Å². The van der Waals surface area contributed by atoms with E-state index in [4.69, 9.17) is 4.74 Å². The second kappa shape index (κ2) is 6.30. The van der Waals surface area contributed by atoms with E-state index in [2.05, 4.69) is 20.3 Å². The van der Waals surface area contributed by atoms with Crippen molar-refractivity contribution in [1.29, 1.82) is 0 Å². The van der Waals surface area contributed by atoms with E-state index in [-0.39, 0.29) is 42.0 Å². The Kier molecular flexibility index (Phi) is 4.35. The molecule has 130 valence electrons. The van der Waals surface area contributed by atoms with Gasteiger partial charge in [-0.2, -0.15) is 4.98 Å². The number of aliphatic hydroxyl groups excluding tert-OH is 2. The lowest BCUT2D eigenvalue weighted by molar-refractivity contribution is -0.118. The number of aromatic nitrogens is 4. The molecule has 0 aliphatic carbocycles.